The highest BCUT2D eigenvalue weighted by Gasteiger charge is 2.39. The van der Waals surface area contributed by atoms with Gasteiger partial charge in [0.15, 0.2) is 5.96 Å². The summed E-state index contributed by atoms with van der Waals surface area (Å²) in [6.07, 6.45) is -5.51. The highest BCUT2D eigenvalue weighted by Crippen LogP contribution is 2.14. The van der Waals surface area contributed by atoms with Crippen LogP contribution in [-0.4, -0.2) is 141 Å². The van der Waals surface area contributed by atoms with Crippen molar-refractivity contribution < 1.29 is 72.0 Å². The second-order valence-corrected chi connectivity index (χ2v) is 16.6. The van der Waals surface area contributed by atoms with E-state index in [0.29, 0.717) is 12.8 Å². The molecule has 0 aromatic heterocycles. The van der Waals surface area contributed by atoms with E-state index in [1.165, 1.54) is 6.92 Å². The molecule has 0 radical (unpaired) electrons. The van der Waals surface area contributed by atoms with Crippen molar-refractivity contribution in [2.45, 2.75) is 155 Å². The van der Waals surface area contributed by atoms with Gasteiger partial charge in [0, 0.05) is 6.54 Å². The molecule has 0 saturated heterocycles. The van der Waals surface area contributed by atoms with E-state index in [9.17, 15) is 62.1 Å². The summed E-state index contributed by atoms with van der Waals surface area (Å²) in [4.78, 5) is 105. The van der Waals surface area contributed by atoms with Crippen molar-refractivity contribution in [2.75, 3.05) is 13.2 Å². The Morgan fingerprint density at radius 3 is 1.44 bits per heavy atom. The van der Waals surface area contributed by atoms with Crippen LogP contribution in [0.1, 0.15) is 101 Å². The largest absolute Gasteiger partial charge is 0.490 e. The molecule has 0 rings (SSSR count). The number of nitrogens with one attached hydrogen (secondary N) is 6. The van der Waals surface area contributed by atoms with E-state index in [1.54, 1.807) is 41.5 Å². The van der Waals surface area contributed by atoms with E-state index in [0.717, 1.165) is 0 Å². The molecule has 0 aromatic carbocycles. The van der Waals surface area contributed by atoms with Crippen LogP contribution in [-0.2, 0) is 38.4 Å². The summed E-state index contributed by atoms with van der Waals surface area (Å²) >= 11 is 0. The Morgan fingerprint density at radius 2 is 1.02 bits per heavy atom. The van der Waals surface area contributed by atoms with E-state index in [4.69, 9.17) is 27.1 Å². The second kappa shape index (κ2) is 29.9. The number of amides is 6. The van der Waals surface area contributed by atoms with Crippen molar-refractivity contribution in [3.05, 3.63) is 0 Å². The first kappa shape index (κ1) is 60.8. The molecule has 0 aliphatic carbocycles. The first-order valence-corrected chi connectivity index (χ1v) is 20.8. The predicted octanol–water partition coefficient (Wildman–Crippen LogP) is -1.45. The van der Waals surface area contributed by atoms with Crippen LogP contribution in [0.3, 0.4) is 0 Å². The lowest BCUT2D eigenvalue weighted by Crippen LogP contribution is -2.62. The van der Waals surface area contributed by atoms with E-state index < -0.39 is 114 Å². The van der Waals surface area contributed by atoms with Crippen molar-refractivity contribution in [3.63, 3.8) is 0 Å². The van der Waals surface area contributed by atoms with Crippen molar-refractivity contribution in [3.8, 4) is 0 Å². The van der Waals surface area contributed by atoms with Crippen LogP contribution in [0, 0.1) is 23.7 Å². The number of aliphatic hydroxyl groups excluding tert-OH is 2. The van der Waals surface area contributed by atoms with Crippen LogP contribution >= 0.6 is 0 Å². The number of carbonyl (C=O) groups excluding carboxylic acids is 6. The summed E-state index contributed by atoms with van der Waals surface area (Å²) in [5, 5.41) is 52.4. The standard InChI is InChI=1S/C37H70N10O10.C2HF3O2/c1-10-21(8)28(46-32(52)25(15-19(4)5)43-33(53)27(17-48)45-30(50)23(38)14-18(2)3)34(54)47-29(22(9)49)35(55)42-24(12-11-13-41-37(39)40)31(51)44-26(36(56)57)16-20(6)7;3-2(4,5)1(6)7/h18-29,48-49H,10-17,38H2,1-9H3,(H,42,55)(H,43,53)(H,44,51)(H,45,50)(H,46,52)(H,47,54)(H,56,57)(H4,39,40,41);(H,6,7)/t21-,22+,23-,24-,25-,26-,27-,28-,29-;/m0./s1. The molecule has 0 unspecified atom stereocenters. The maximum Gasteiger partial charge on any atom is 0.490 e. The van der Waals surface area contributed by atoms with Crippen LogP contribution in [0.5, 0.6) is 0 Å². The number of aliphatic carboxylic acids is 2. The third-order valence-electron chi connectivity index (χ3n) is 9.22. The Hall–Kier alpha value is -5.30. The summed E-state index contributed by atoms with van der Waals surface area (Å²) in [5.41, 5.74) is 16.7. The average Bonchev–Trinajstić information content (AvgIpc) is 3.16. The van der Waals surface area contributed by atoms with Gasteiger partial charge in [0.05, 0.1) is 18.8 Å². The van der Waals surface area contributed by atoms with Crippen LogP contribution in [0.25, 0.3) is 0 Å². The fourth-order valence-electron chi connectivity index (χ4n) is 5.67. The Morgan fingerprint density at radius 1 is 0.609 bits per heavy atom. The molecule has 0 aliphatic rings. The van der Waals surface area contributed by atoms with Gasteiger partial charge in [0.25, 0.3) is 0 Å². The zero-order valence-electron chi connectivity index (χ0n) is 38.0. The van der Waals surface area contributed by atoms with Gasteiger partial charge in [-0.05, 0) is 62.7 Å². The molecule has 64 heavy (non-hydrogen) atoms. The summed E-state index contributed by atoms with van der Waals surface area (Å²) in [6.45, 7) is 14.9. The number of nitrogens with two attached hydrogens (primary N) is 3. The zero-order chi connectivity index (χ0) is 50.2. The maximum absolute atomic E-state index is 13.8. The number of carboxylic acid groups (broad SMARTS) is 2. The summed E-state index contributed by atoms with van der Waals surface area (Å²) in [7, 11) is 0. The Kier molecular flexibility index (Phi) is 28.4. The number of halogens is 3. The molecule has 6 amide bonds. The number of hydrogen-bond acceptors (Lipinski definition) is 12. The van der Waals surface area contributed by atoms with Gasteiger partial charge in [-0.3, -0.25) is 33.8 Å². The van der Waals surface area contributed by atoms with Crippen molar-refractivity contribution in [2.24, 2.45) is 45.9 Å². The number of hydrogen-bond donors (Lipinski definition) is 13. The van der Waals surface area contributed by atoms with Crippen molar-refractivity contribution >= 4 is 53.3 Å². The highest BCUT2D eigenvalue weighted by molar-refractivity contribution is 5.97. The first-order chi connectivity index (χ1) is 29.4. The first-order valence-electron chi connectivity index (χ1n) is 20.8. The molecule has 0 aromatic rings. The minimum absolute atomic E-state index is 0.0388. The van der Waals surface area contributed by atoms with Gasteiger partial charge in [0.1, 0.15) is 36.3 Å². The normalized spacial score (nSPS) is 15.6. The Labute approximate surface area is 371 Å². The number of aliphatic imine (C=N–C) groups is 1. The molecule has 0 saturated carbocycles. The van der Waals surface area contributed by atoms with Gasteiger partial charge >= 0.3 is 18.1 Å². The predicted molar refractivity (Wildman–Crippen MR) is 227 cm³/mol. The molecule has 0 aliphatic heterocycles. The van der Waals surface area contributed by atoms with Gasteiger partial charge in [-0.2, -0.15) is 13.2 Å². The van der Waals surface area contributed by atoms with Crippen LogP contribution < -0.4 is 49.1 Å². The van der Waals surface area contributed by atoms with E-state index in [2.05, 4.69) is 36.9 Å². The minimum atomic E-state index is -5.08. The maximum atomic E-state index is 13.8. The topological polar surface area (TPSA) is 380 Å². The smallest absolute Gasteiger partial charge is 0.480 e. The zero-order valence-corrected chi connectivity index (χ0v) is 38.0. The lowest BCUT2D eigenvalue weighted by Gasteiger charge is -2.30. The number of aliphatic hydroxyl groups is 2. The Bertz CT molecular complexity index is 1560. The molecule has 0 heterocycles. The minimum Gasteiger partial charge on any atom is -0.480 e. The molecule has 0 bridgehead atoms. The van der Waals surface area contributed by atoms with Gasteiger partial charge < -0.3 is 69.5 Å². The summed E-state index contributed by atoms with van der Waals surface area (Å²) in [5.74, 6) is -9.79. The quantitative estimate of drug-likeness (QED) is 0.0255. The van der Waals surface area contributed by atoms with Crippen molar-refractivity contribution in [1.82, 2.24) is 31.9 Å². The monoisotopic (exact) mass is 929 g/mol. The Balaban J connectivity index is 0. The van der Waals surface area contributed by atoms with Gasteiger partial charge in [-0.1, -0.05) is 61.8 Å². The van der Waals surface area contributed by atoms with Gasteiger partial charge in [-0.15, -0.1) is 0 Å². The fourth-order valence-corrected chi connectivity index (χ4v) is 5.67. The fraction of sp³-hybridized carbons (Fsp3) is 0.769. The molecule has 9 atom stereocenters. The molecule has 370 valence electrons. The highest BCUT2D eigenvalue weighted by atomic mass is 19.4. The molecular weight excluding hydrogens is 857 g/mol. The third kappa shape index (κ3) is 25.1. The molecule has 0 fully saturated rings. The van der Waals surface area contributed by atoms with Crippen LogP contribution in [0.4, 0.5) is 13.2 Å². The van der Waals surface area contributed by atoms with Crippen LogP contribution in [0.15, 0.2) is 4.99 Å². The molecule has 22 nitrogen and oxygen atoms in total. The number of guanidine groups is 1. The van der Waals surface area contributed by atoms with Crippen molar-refractivity contribution in [1.29, 1.82) is 0 Å². The molecule has 0 spiro atoms. The van der Waals surface area contributed by atoms with Gasteiger partial charge in [-0.25, -0.2) is 9.59 Å². The molecular formula is C39H71F3N10O12. The number of nitrogens with zero attached hydrogens (tertiary/aromatic N) is 1. The van der Waals surface area contributed by atoms with E-state index >= 15 is 0 Å². The van der Waals surface area contributed by atoms with E-state index in [1.807, 2.05) is 13.8 Å². The summed E-state index contributed by atoms with van der Waals surface area (Å²) in [6, 6.07) is -9.05. The lowest BCUT2D eigenvalue weighted by atomic mass is 9.96. The lowest BCUT2D eigenvalue weighted by molar-refractivity contribution is -0.192. The third-order valence-corrected chi connectivity index (χ3v) is 9.22. The van der Waals surface area contributed by atoms with E-state index in [-0.39, 0.29) is 55.9 Å². The number of rotatable bonds is 27. The SMILES string of the molecule is CC[C@H](C)[C@H](NC(=O)[C@H](CC(C)C)NC(=O)[C@H](CO)NC(=O)[C@@H](N)CC(C)C)C(=O)N[C@H](C(=O)N[C@@H](CCCN=C(N)N)C(=O)N[C@@H](CC(C)C)C(=O)O)[C@@H](C)O.O=C(O)C(F)(F)F. The summed E-state index contributed by atoms with van der Waals surface area (Å²) < 4.78 is 31.7. The molecule has 16 N–H and O–H groups in total. The van der Waals surface area contributed by atoms with Crippen LogP contribution in [0.2, 0.25) is 0 Å². The number of carboxylic acids is 2. The number of alkyl halides is 3. The second-order valence-electron chi connectivity index (χ2n) is 16.6. The molecule has 25 heteroatoms. The van der Waals surface area contributed by atoms with Gasteiger partial charge in [0.2, 0.25) is 35.4 Å². The number of carbonyl (C=O) groups is 8. The average molecular weight is 929 g/mol.